The van der Waals surface area contributed by atoms with Gasteiger partial charge in [-0.1, -0.05) is 26.5 Å². The van der Waals surface area contributed by atoms with Crippen molar-refractivity contribution < 1.29 is 24.5 Å². The van der Waals surface area contributed by atoms with E-state index in [1.807, 2.05) is 19.9 Å². The highest BCUT2D eigenvalue weighted by Crippen LogP contribution is 2.75. The van der Waals surface area contributed by atoms with Gasteiger partial charge in [0.25, 0.3) is 0 Å². The standard InChI is InChI=1S/C20H24O5/c1-10-11-4-5-12-18-9-25-20(24,19(12,8-11)15(10)22)16(23)14(18)17(2,3)7-6-13(18)21/h6-7,11-12,14,16,23-24H,1,4-5,8-9H2,2-3H3/t11?,12-,14+,16-,18+,19-,20+/m0/s1. The van der Waals surface area contributed by atoms with Crippen molar-refractivity contribution in [2.45, 2.75) is 45.0 Å². The molecule has 5 nitrogen and oxygen atoms in total. The van der Waals surface area contributed by atoms with Crippen molar-refractivity contribution in [1.29, 1.82) is 0 Å². The number of allylic oxidation sites excluding steroid dienone is 3. The number of carbonyl (C=O) groups is 2. The van der Waals surface area contributed by atoms with Crippen LogP contribution in [0.25, 0.3) is 0 Å². The van der Waals surface area contributed by atoms with Crippen LogP contribution in [0, 0.1) is 34.0 Å². The fourth-order valence-electron chi connectivity index (χ4n) is 7.16. The Morgan fingerprint density at radius 2 is 2.00 bits per heavy atom. The third-order valence-corrected chi connectivity index (χ3v) is 8.14. The van der Waals surface area contributed by atoms with E-state index < -0.39 is 34.1 Å². The Morgan fingerprint density at radius 3 is 2.72 bits per heavy atom. The summed E-state index contributed by atoms with van der Waals surface area (Å²) >= 11 is 0. The van der Waals surface area contributed by atoms with Crippen molar-refractivity contribution >= 4 is 11.6 Å². The Labute approximate surface area is 146 Å². The van der Waals surface area contributed by atoms with Crippen molar-refractivity contribution in [2.24, 2.45) is 34.0 Å². The molecule has 5 heteroatoms. The number of aliphatic hydroxyl groups is 2. The lowest BCUT2D eigenvalue weighted by Gasteiger charge is -2.71. The van der Waals surface area contributed by atoms with Gasteiger partial charge in [-0.3, -0.25) is 9.59 Å². The summed E-state index contributed by atoms with van der Waals surface area (Å²) in [5, 5.41) is 22.7. The predicted octanol–water partition coefficient (Wildman–Crippen LogP) is 1.39. The highest BCUT2D eigenvalue weighted by atomic mass is 16.6. The molecular weight excluding hydrogens is 320 g/mol. The van der Waals surface area contributed by atoms with Gasteiger partial charge in [0.2, 0.25) is 5.79 Å². The van der Waals surface area contributed by atoms with E-state index >= 15 is 0 Å². The second-order valence-corrected chi connectivity index (χ2v) is 9.32. The molecule has 2 N–H and O–H groups in total. The van der Waals surface area contributed by atoms with Crippen molar-refractivity contribution in [2.75, 3.05) is 6.61 Å². The lowest BCUT2D eigenvalue weighted by molar-refractivity contribution is -0.422. The third-order valence-electron chi connectivity index (χ3n) is 8.14. The van der Waals surface area contributed by atoms with Crippen LogP contribution < -0.4 is 0 Å². The van der Waals surface area contributed by atoms with Crippen LogP contribution in [0.5, 0.6) is 0 Å². The highest BCUT2D eigenvalue weighted by molar-refractivity contribution is 6.06. The number of hydrogen-bond donors (Lipinski definition) is 2. The van der Waals surface area contributed by atoms with Gasteiger partial charge in [-0.25, -0.2) is 0 Å². The normalized spacial score (nSPS) is 55.3. The molecule has 0 aromatic carbocycles. The van der Waals surface area contributed by atoms with Gasteiger partial charge in [0.05, 0.1) is 17.4 Å². The summed E-state index contributed by atoms with van der Waals surface area (Å²) < 4.78 is 5.80. The van der Waals surface area contributed by atoms with Gasteiger partial charge in [-0.05, 0) is 48.2 Å². The first-order chi connectivity index (χ1) is 11.6. The average molecular weight is 344 g/mol. The SMILES string of the molecule is C=C1C(=O)[C@]23CC1CC[C@H]2[C@@]12CO[C@]3(O)[C@@H](O)[C@@H]1C(C)(C)C=CC2=O. The summed E-state index contributed by atoms with van der Waals surface area (Å²) in [5.74, 6) is -3.00. The molecule has 134 valence electrons. The summed E-state index contributed by atoms with van der Waals surface area (Å²) in [6.07, 6.45) is 4.04. The van der Waals surface area contributed by atoms with Crippen LogP contribution in [0.3, 0.4) is 0 Å². The number of carbonyl (C=O) groups excluding carboxylic acids is 2. The Bertz CT molecular complexity index is 766. The molecule has 3 saturated carbocycles. The fraction of sp³-hybridized carbons (Fsp3) is 0.700. The van der Waals surface area contributed by atoms with E-state index in [0.717, 1.165) is 6.42 Å². The van der Waals surface area contributed by atoms with Gasteiger partial charge in [0, 0.05) is 5.92 Å². The second kappa shape index (κ2) is 4.16. The molecule has 0 amide bonds. The van der Waals surface area contributed by atoms with Crippen molar-refractivity contribution in [1.82, 2.24) is 0 Å². The zero-order valence-corrected chi connectivity index (χ0v) is 14.6. The van der Waals surface area contributed by atoms with E-state index in [9.17, 15) is 19.8 Å². The van der Waals surface area contributed by atoms with Crippen LogP contribution >= 0.6 is 0 Å². The predicted molar refractivity (Wildman–Crippen MR) is 88.2 cm³/mol. The lowest BCUT2D eigenvalue weighted by atomic mass is 9.37. The Balaban J connectivity index is 1.82. The molecule has 6 aliphatic rings. The first-order valence-electron chi connectivity index (χ1n) is 9.14. The zero-order chi connectivity index (χ0) is 18.0. The monoisotopic (exact) mass is 344 g/mol. The molecule has 0 radical (unpaired) electrons. The molecule has 2 saturated heterocycles. The highest BCUT2D eigenvalue weighted by Gasteiger charge is 2.84. The molecule has 4 bridgehead atoms. The molecular formula is C20H24O5. The van der Waals surface area contributed by atoms with Crippen molar-refractivity contribution in [3.05, 3.63) is 24.3 Å². The number of Topliss-reactive ketones (excluding diaryl/α,β-unsaturated/α-hetero) is 1. The van der Waals surface area contributed by atoms with E-state index in [1.54, 1.807) is 6.08 Å². The fourth-order valence-corrected chi connectivity index (χ4v) is 7.16. The van der Waals surface area contributed by atoms with Gasteiger partial charge in [-0.2, -0.15) is 0 Å². The maximum Gasteiger partial charge on any atom is 0.205 e. The van der Waals surface area contributed by atoms with Crippen LogP contribution in [0.1, 0.15) is 33.1 Å². The summed E-state index contributed by atoms with van der Waals surface area (Å²) in [6, 6.07) is 0. The van der Waals surface area contributed by atoms with E-state index in [-0.39, 0.29) is 30.0 Å². The van der Waals surface area contributed by atoms with Gasteiger partial charge in [0.15, 0.2) is 11.6 Å². The minimum Gasteiger partial charge on any atom is -0.387 e. The van der Waals surface area contributed by atoms with Crippen LogP contribution in [0.15, 0.2) is 24.3 Å². The maximum absolute atomic E-state index is 13.2. The first kappa shape index (κ1) is 15.9. The maximum atomic E-state index is 13.2. The molecule has 7 atom stereocenters. The summed E-state index contributed by atoms with van der Waals surface area (Å²) in [4.78, 5) is 26.4. The smallest absolute Gasteiger partial charge is 0.205 e. The summed E-state index contributed by atoms with van der Waals surface area (Å²) in [5.41, 5.74) is -2.14. The zero-order valence-electron chi connectivity index (χ0n) is 14.6. The molecule has 4 aliphatic carbocycles. The van der Waals surface area contributed by atoms with E-state index in [1.165, 1.54) is 0 Å². The quantitative estimate of drug-likeness (QED) is 0.649. The summed E-state index contributed by atoms with van der Waals surface area (Å²) in [6.45, 7) is 7.97. The van der Waals surface area contributed by atoms with Crippen molar-refractivity contribution in [3.8, 4) is 0 Å². The number of hydrogen-bond acceptors (Lipinski definition) is 5. The van der Waals surface area contributed by atoms with Crippen LogP contribution in [-0.2, 0) is 14.3 Å². The Hall–Kier alpha value is -1.30. The lowest BCUT2D eigenvalue weighted by Crippen LogP contribution is -2.82. The van der Waals surface area contributed by atoms with Gasteiger partial charge in [-0.15, -0.1) is 0 Å². The molecule has 5 fully saturated rings. The van der Waals surface area contributed by atoms with E-state index in [0.29, 0.717) is 18.4 Å². The molecule has 2 aliphatic heterocycles. The van der Waals surface area contributed by atoms with Gasteiger partial charge < -0.3 is 14.9 Å². The minimum absolute atomic E-state index is 0.0139. The minimum atomic E-state index is -1.94. The number of aliphatic hydroxyl groups excluding tert-OH is 1. The summed E-state index contributed by atoms with van der Waals surface area (Å²) in [7, 11) is 0. The van der Waals surface area contributed by atoms with E-state index in [2.05, 4.69) is 6.58 Å². The molecule has 25 heavy (non-hydrogen) atoms. The molecule has 0 aromatic heterocycles. The molecule has 0 aromatic rings. The average Bonchev–Trinajstić information content (AvgIpc) is 2.75. The van der Waals surface area contributed by atoms with Crippen LogP contribution in [0.4, 0.5) is 0 Å². The number of rotatable bonds is 0. The first-order valence-corrected chi connectivity index (χ1v) is 9.14. The van der Waals surface area contributed by atoms with Crippen LogP contribution in [0.2, 0.25) is 0 Å². The topological polar surface area (TPSA) is 83.8 Å². The van der Waals surface area contributed by atoms with E-state index in [4.69, 9.17) is 4.74 Å². The van der Waals surface area contributed by atoms with Crippen molar-refractivity contribution in [3.63, 3.8) is 0 Å². The second-order valence-electron chi connectivity index (χ2n) is 9.32. The Kier molecular flexibility index (Phi) is 2.65. The molecule has 1 unspecified atom stereocenters. The molecule has 6 rings (SSSR count). The molecule has 2 spiro atoms. The number of fused-ring (bicyclic) bond motifs is 2. The Morgan fingerprint density at radius 1 is 1.28 bits per heavy atom. The molecule has 2 heterocycles. The number of ether oxygens (including phenoxy) is 1. The number of ketones is 2. The van der Waals surface area contributed by atoms with Gasteiger partial charge >= 0.3 is 0 Å². The third kappa shape index (κ3) is 1.36. The van der Waals surface area contributed by atoms with Gasteiger partial charge in [0.1, 0.15) is 6.10 Å². The van der Waals surface area contributed by atoms with Crippen LogP contribution in [-0.4, -0.2) is 40.3 Å². The largest absolute Gasteiger partial charge is 0.387 e.